The number of nitro groups is 1. The van der Waals surface area contributed by atoms with Crippen molar-refractivity contribution in [3.63, 3.8) is 0 Å². The lowest BCUT2D eigenvalue weighted by Gasteiger charge is -2.13. The molecule has 0 saturated heterocycles. The molecule has 0 atom stereocenters. The molecule has 0 bridgehead atoms. The molecule has 2 aromatic rings. The zero-order chi connectivity index (χ0) is 20.3. The van der Waals surface area contributed by atoms with E-state index in [0.29, 0.717) is 12.3 Å². The fourth-order valence-corrected chi connectivity index (χ4v) is 3.57. The van der Waals surface area contributed by atoms with Gasteiger partial charge in [0.25, 0.3) is 17.5 Å². The quantitative estimate of drug-likeness (QED) is 0.252. The van der Waals surface area contributed by atoms with Gasteiger partial charge in [-0.05, 0) is 25.1 Å². The highest BCUT2D eigenvalue weighted by Gasteiger charge is 2.41. The van der Waals surface area contributed by atoms with E-state index in [1.165, 1.54) is 17.7 Å². The Morgan fingerprint density at radius 3 is 2.54 bits per heavy atom. The van der Waals surface area contributed by atoms with Crippen molar-refractivity contribution >= 4 is 35.2 Å². The zero-order valence-electron chi connectivity index (χ0n) is 15.0. The number of nitrogens with zero attached hydrogens (tertiary/aromatic N) is 2. The highest BCUT2D eigenvalue weighted by Crippen LogP contribution is 2.30. The lowest BCUT2D eigenvalue weighted by molar-refractivity contribution is -0.385. The molecule has 9 heteroatoms. The predicted octanol–water partition coefficient (Wildman–Crippen LogP) is 2.41. The number of nitrogens with one attached hydrogen (secondary N) is 1. The summed E-state index contributed by atoms with van der Waals surface area (Å²) in [4.78, 5) is 49.1. The van der Waals surface area contributed by atoms with Crippen LogP contribution in [0.2, 0.25) is 0 Å². The van der Waals surface area contributed by atoms with Gasteiger partial charge in [0.2, 0.25) is 5.91 Å². The van der Waals surface area contributed by atoms with Gasteiger partial charge in [-0.1, -0.05) is 23.8 Å². The standard InChI is InChI=1S/C19H17N3O5S/c1-12-5-7-13(8-6-12)28-10-9-20-16(23)11-21-18(24)14-3-2-4-15(22(26)27)17(14)19(21)25/h2-8H,9-11H2,1H3,(H,20,23). The van der Waals surface area contributed by atoms with Crippen LogP contribution in [0, 0.1) is 17.0 Å². The molecular formula is C19H17N3O5S. The maximum absolute atomic E-state index is 12.4. The number of benzene rings is 2. The van der Waals surface area contributed by atoms with E-state index in [4.69, 9.17) is 0 Å². The normalized spacial score (nSPS) is 12.8. The Morgan fingerprint density at radius 1 is 1.14 bits per heavy atom. The molecule has 1 aliphatic rings. The van der Waals surface area contributed by atoms with Crippen molar-refractivity contribution in [2.24, 2.45) is 0 Å². The van der Waals surface area contributed by atoms with Crippen LogP contribution < -0.4 is 5.32 Å². The Balaban J connectivity index is 1.55. The molecular weight excluding hydrogens is 382 g/mol. The van der Waals surface area contributed by atoms with E-state index in [9.17, 15) is 24.5 Å². The smallest absolute Gasteiger partial charge is 0.282 e. The summed E-state index contributed by atoms with van der Waals surface area (Å²) in [6.45, 7) is 1.89. The predicted molar refractivity (Wildman–Crippen MR) is 103 cm³/mol. The molecule has 0 radical (unpaired) electrons. The Kier molecular flexibility index (Phi) is 5.74. The summed E-state index contributed by atoms with van der Waals surface area (Å²) in [5.41, 5.74) is 0.411. The first-order chi connectivity index (χ1) is 13.4. The number of hydrogen-bond donors (Lipinski definition) is 1. The van der Waals surface area contributed by atoms with Gasteiger partial charge in [-0.3, -0.25) is 29.4 Å². The summed E-state index contributed by atoms with van der Waals surface area (Å²) in [6, 6.07) is 11.8. The second-order valence-corrected chi connectivity index (χ2v) is 7.33. The third-order valence-corrected chi connectivity index (χ3v) is 5.20. The van der Waals surface area contributed by atoms with Gasteiger partial charge < -0.3 is 5.32 Å². The summed E-state index contributed by atoms with van der Waals surface area (Å²) < 4.78 is 0. The van der Waals surface area contributed by atoms with Crippen molar-refractivity contribution in [1.82, 2.24) is 10.2 Å². The molecule has 0 aromatic heterocycles. The molecule has 1 aliphatic heterocycles. The van der Waals surface area contributed by atoms with Crippen molar-refractivity contribution in [3.8, 4) is 0 Å². The van der Waals surface area contributed by atoms with Gasteiger partial charge in [-0.15, -0.1) is 11.8 Å². The second kappa shape index (κ2) is 8.22. The van der Waals surface area contributed by atoms with Gasteiger partial charge >= 0.3 is 0 Å². The minimum atomic E-state index is -0.823. The molecule has 1 N–H and O–H groups in total. The highest BCUT2D eigenvalue weighted by atomic mass is 32.2. The number of aryl methyl sites for hydroxylation is 1. The lowest BCUT2D eigenvalue weighted by Crippen LogP contribution is -2.41. The number of hydrogen-bond acceptors (Lipinski definition) is 6. The number of carbonyl (C=O) groups excluding carboxylic acids is 3. The van der Waals surface area contributed by atoms with E-state index in [1.807, 2.05) is 31.2 Å². The van der Waals surface area contributed by atoms with Gasteiger partial charge in [-0.25, -0.2) is 0 Å². The fraction of sp³-hybridized carbons (Fsp3) is 0.211. The summed E-state index contributed by atoms with van der Waals surface area (Å²) in [7, 11) is 0. The second-order valence-electron chi connectivity index (χ2n) is 6.16. The van der Waals surface area contributed by atoms with Crippen LogP contribution >= 0.6 is 11.8 Å². The van der Waals surface area contributed by atoms with Crippen LogP contribution in [0.15, 0.2) is 47.4 Å². The molecule has 0 saturated carbocycles. The van der Waals surface area contributed by atoms with Crippen LogP contribution in [0.3, 0.4) is 0 Å². The molecule has 144 valence electrons. The molecule has 1 heterocycles. The van der Waals surface area contributed by atoms with E-state index >= 15 is 0 Å². The van der Waals surface area contributed by atoms with Crippen LogP contribution in [-0.2, 0) is 4.79 Å². The lowest BCUT2D eigenvalue weighted by atomic mass is 10.1. The number of amides is 3. The third-order valence-electron chi connectivity index (χ3n) is 4.19. The van der Waals surface area contributed by atoms with E-state index in [1.54, 1.807) is 11.8 Å². The average Bonchev–Trinajstić information content (AvgIpc) is 2.91. The molecule has 0 fully saturated rings. The van der Waals surface area contributed by atoms with Crippen molar-refractivity contribution < 1.29 is 19.3 Å². The molecule has 3 rings (SSSR count). The SMILES string of the molecule is Cc1ccc(SCCNC(=O)CN2C(=O)c3cccc([N+](=O)[O-])c3C2=O)cc1. The number of thioether (sulfide) groups is 1. The van der Waals surface area contributed by atoms with Gasteiger partial charge in [0.05, 0.1) is 10.5 Å². The number of rotatable bonds is 7. The van der Waals surface area contributed by atoms with Crippen molar-refractivity contribution in [1.29, 1.82) is 0 Å². The number of imide groups is 1. The van der Waals surface area contributed by atoms with Gasteiger partial charge in [0, 0.05) is 23.3 Å². The summed E-state index contributed by atoms with van der Waals surface area (Å²) in [5.74, 6) is -1.39. The first kappa shape index (κ1) is 19.6. The molecule has 0 spiro atoms. The largest absolute Gasteiger partial charge is 0.354 e. The van der Waals surface area contributed by atoms with Crippen molar-refractivity contribution in [2.75, 3.05) is 18.8 Å². The Bertz CT molecular complexity index is 959. The van der Waals surface area contributed by atoms with Gasteiger partial charge in [0.15, 0.2) is 0 Å². The topological polar surface area (TPSA) is 110 Å². The molecule has 3 amide bonds. The molecule has 8 nitrogen and oxygen atoms in total. The Morgan fingerprint density at radius 2 is 1.86 bits per heavy atom. The van der Waals surface area contributed by atoms with Crippen LogP contribution in [0.1, 0.15) is 26.3 Å². The monoisotopic (exact) mass is 399 g/mol. The maximum Gasteiger partial charge on any atom is 0.282 e. The molecule has 0 unspecified atom stereocenters. The first-order valence-corrected chi connectivity index (χ1v) is 9.47. The molecule has 0 aliphatic carbocycles. The summed E-state index contributed by atoms with van der Waals surface area (Å²) >= 11 is 1.57. The number of nitro benzene ring substituents is 1. The molecule has 2 aromatic carbocycles. The van der Waals surface area contributed by atoms with Crippen LogP contribution in [0.4, 0.5) is 5.69 Å². The van der Waals surface area contributed by atoms with Gasteiger partial charge in [0.1, 0.15) is 12.1 Å². The zero-order valence-corrected chi connectivity index (χ0v) is 15.8. The summed E-state index contributed by atoms with van der Waals surface area (Å²) in [5, 5.41) is 13.8. The van der Waals surface area contributed by atoms with Crippen LogP contribution in [0.5, 0.6) is 0 Å². The minimum absolute atomic E-state index is 0.0538. The van der Waals surface area contributed by atoms with E-state index < -0.39 is 34.9 Å². The summed E-state index contributed by atoms with van der Waals surface area (Å²) in [6.07, 6.45) is 0. The van der Waals surface area contributed by atoms with Crippen molar-refractivity contribution in [2.45, 2.75) is 11.8 Å². The minimum Gasteiger partial charge on any atom is -0.354 e. The van der Waals surface area contributed by atoms with E-state index in [0.717, 1.165) is 15.9 Å². The molecule has 28 heavy (non-hydrogen) atoms. The average molecular weight is 399 g/mol. The first-order valence-electron chi connectivity index (χ1n) is 8.48. The van der Waals surface area contributed by atoms with E-state index in [2.05, 4.69) is 5.32 Å². The van der Waals surface area contributed by atoms with E-state index in [-0.39, 0.29) is 11.1 Å². The Labute approximate surface area is 165 Å². The fourth-order valence-electron chi connectivity index (χ4n) is 2.80. The Hall–Kier alpha value is -3.20. The third kappa shape index (κ3) is 4.04. The number of carbonyl (C=O) groups is 3. The number of fused-ring (bicyclic) bond motifs is 1. The van der Waals surface area contributed by atoms with Crippen LogP contribution in [0.25, 0.3) is 0 Å². The maximum atomic E-state index is 12.4. The van der Waals surface area contributed by atoms with Crippen LogP contribution in [-0.4, -0.2) is 46.4 Å². The van der Waals surface area contributed by atoms with Gasteiger partial charge in [-0.2, -0.15) is 0 Å². The highest BCUT2D eigenvalue weighted by molar-refractivity contribution is 7.99. The van der Waals surface area contributed by atoms with Crippen molar-refractivity contribution in [3.05, 3.63) is 69.3 Å².